The molecule has 5 rings (SSSR count). The number of nitrogens with zero attached hydrogens (tertiary/aromatic N) is 4. The molecule has 0 aliphatic carbocycles. The van der Waals surface area contributed by atoms with Gasteiger partial charge in [-0.2, -0.15) is 4.98 Å². The molecule has 0 atom stereocenters. The van der Waals surface area contributed by atoms with Crippen LogP contribution in [0.15, 0.2) is 52.5 Å². The van der Waals surface area contributed by atoms with E-state index in [0.717, 1.165) is 11.3 Å². The molecule has 29 heavy (non-hydrogen) atoms. The Bertz CT molecular complexity index is 1170. The third-order valence-electron chi connectivity index (χ3n) is 4.13. The first-order valence-electron chi connectivity index (χ1n) is 8.64. The number of rotatable bonds is 5. The molecule has 0 unspecified atom stereocenters. The van der Waals surface area contributed by atoms with Crippen molar-refractivity contribution in [3.63, 3.8) is 0 Å². The predicted molar refractivity (Wildman–Crippen MR) is 102 cm³/mol. The molecule has 9 nitrogen and oxygen atoms in total. The summed E-state index contributed by atoms with van der Waals surface area (Å²) in [5, 5.41) is 8.79. The molecule has 0 radical (unpaired) electrons. The molecular weight excluding hydrogens is 394 g/mol. The summed E-state index contributed by atoms with van der Waals surface area (Å²) in [6, 6.07) is 10.9. The lowest BCUT2D eigenvalue weighted by molar-refractivity contribution is 0.0950. The van der Waals surface area contributed by atoms with Crippen molar-refractivity contribution < 1.29 is 18.8 Å². The number of thiazole rings is 1. The molecule has 4 aromatic rings. The quantitative estimate of drug-likeness (QED) is 0.537. The molecule has 0 fully saturated rings. The summed E-state index contributed by atoms with van der Waals surface area (Å²) in [5.74, 6) is 1.65. The summed E-state index contributed by atoms with van der Waals surface area (Å²) in [4.78, 5) is 25.2. The second-order valence-electron chi connectivity index (χ2n) is 6.03. The van der Waals surface area contributed by atoms with E-state index in [2.05, 4.69) is 25.4 Å². The normalized spacial score (nSPS) is 12.1. The zero-order chi connectivity index (χ0) is 19.6. The van der Waals surface area contributed by atoms with Crippen LogP contribution in [-0.4, -0.2) is 32.8 Å². The van der Waals surface area contributed by atoms with Crippen molar-refractivity contribution >= 4 is 17.2 Å². The fraction of sp³-hybridized carbons (Fsp3) is 0.105. The fourth-order valence-corrected chi connectivity index (χ4v) is 3.41. The van der Waals surface area contributed by atoms with Crippen molar-refractivity contribution in [2.45, 2.75) is 6.54 Å². The highest BCUT2D eigenvalue weighted by atomic mass is 32.1. The van der Waals surface area contributed by atoms with Crippen molar-refractivity contribution in [2.24, 2.45) is 0 Å². The standard InChI is InChI=1S/C19H13N5O4S/c25-17(21-8-12-3-1-2-6-20-12)19-22-13(9-29-19)18-23-16(24-28-18)11-4-5-14-15(7-11)27-10-26-14/h1-7,9H,8,10H2,(H,21,25). The number of hydrogen-bond donors (Lipinski definition) is 1. The van der Waals surface area contributed by atoms with Gasteiger partial charge in [0, 0.05) is 17.1 Å². The van der Waals surface area contributed by atoms with E-state index in [0.29, 0.717) is 34.6 Å². The Balaban J connectivity index is 1.30. The minimum absolute atomic E-state index is 0.195. The maximum absolute atomic E-state index is 12.3. The molecule has 1 aliphatic rings. The van der Waals surface area contributed by atoms with Gasteiger partial charge in [0.2, 0.25) is 12.6 Å². The monoisotopic (exact) mass is 407 g/mol. The molecule has 0 saturated heterocycles. The topological polar surface area (TPSA) is 112 Å². The highest BCUT2D eigenvalue weighted by Crippen LogP contribution is 2.35. The van der Waals surface area contributed by atoms with Crippen LogP contribution in [-0.2, 0) is 6.54 Å². The lowest BCUT2D eigenvalue weighted by atomic mass is 10.2. The van der Waals surface area contributed by atoms with E-state index < -0.39 is 0 Å². The number of hydrogen-bond acceptors (Lipinski definition) is 9. The number of ether oxygens (including phenoxy) is 2. The Labute approximate surface area is 168 Å². The van der Waals surface area contributed by atoms with E-state index in [9.17, 15) is 4.79 Å². The summed E-state index contributed by atoms with van der Waals surface area (Å²) in [6.45, 7) is 0.518. The Morgan fingerprint density at radius 1 is 1.14 bits per heavy atom. The van der Waals surface area contributed by atoms with Crippen LogP contribution in [0.1, 0.15) is 15.5 Å². The van der Waals surface area contributed by atoms with Crippen LogP contribution in [0.4, 0.5) is 0 Å². The van der Waals surface area contributed by atoms with E-state index in [-0.39, 0.29) is 18.6 Å². The molecule has 10 heteroatoms. The van der Waals surface area contributed by atoms with E-state index in [1.807, 2.05) is 24.3 Å². The Hall–Kier alpha value is -3.79. The number of fused-ring (bicyclic) bond motifs is 1. The van der Waals surface area contributed by atoms with Gasteiger partial charge in [-0.25, -0.2) is 4.98 Å². The third-order valence-corrected chi connectivity index (χ3v) is 4.97. The summed E-state index contributed by atoms with van der Waals surface area (Å²) < 4.78 is 16.0. The van der Waals surface area contributed by atoms with E-state index >= 15 is 0 Å². The van der Waals surface area contributed by atoms with Crippen LogP contribution < -0.4 is 14.8 Å². The summed E-state index contributed by atoms with van der Waals surface area (Å²) >= 11 is 1.20. The lowest BCUT2D eigenvalue weighted by Crippen LogP contribution is -2.23. The van der Waals surface area contributed by atoms with E-state index in [4.69, 9.17) is 14.0 Å². The Morgan fingerprint density at radius 3 is 2.97 bits per heavy atom. The molecular formula is C19H13N5O4S. The first-order chi connectivity index (χ1) is 14.3. The SMILES string of the molecule is O=C(NCc1ccccn1)c1nc(-c2nc(-c3ccc4c(c3)OCO4)no2)cs1. The van der Waals surface area contributed by atoms with Gasteiger partial charge in [0.15, 0.2) is 16.5 Å². The van der Waals surface area contributed by atoms with Gasteiger partial charge in [-0.3, -0.25) is 9.78 Å². The number of aromatic nitrogens is 4. The maximum atomic E-state index is 12.3. The van der Waals surface area contributed by atoms with Crippen molar-refractivity contribution in [1.29, 1.82) is 0 Å². The average Bonchev–Trinajstić information content (AvgIpc) is 3.52. The van der Waals surface area contributed by atoms with E-state index in [1.54, 1.807) is 23.7 Å². The number of carbonyl (C=O) groups is 1. The minimum Gasteiger partial charge on any atom is -0.454 e. The Kier molecular flexibility index (Phi) is 4.37. The number of pyridine rings is 1. The second kappa shape index (κ2) is 7.32. The number of benzene rings is 1. The van der Waals surface area contributed by atoms with Crippen LogP contribution in [0.5, 0.6) is 11.5 Å². The van der Waals surface area contributed by atoms with Crippen LogP contribution in [0.3, 0.4) is 0 Å². The van der Waals surface area contributed by atoms with Gasteiger partial charge in [-0.15, -0.1) is 11.3 Å². The van der Waals surface area contributed by atoms with Crippen molar-refractivity contribution in [3.8, 4) is 34.5 Å². The van der Waals surface area contributed by atoms with Crippen molar-refractivity contribution in [1.82, 2.24) is 25.4 Å². The smallest absolute Gasteiger partial charge is 0.280 e. The first kappa shape index (κ1) is 17.3. The van der Waals surface area contributed by atoms with Gasteiger partial charge >= 0.3 is 0 Å². The van der Waals surface area contributed by atoms with Crippen LogP contribution in [0.25, 0.3) is 23.0 Å². The Morgan fingerprint density at radius 2 is 2.07 bits per heavy atom. The average molecular weight is 407 g/mol. The summed E-state index contributed by atoms with van der Waals surface area (Å²) in [7, 11) is 0. The minimum atomic E-state index is -0.289. The molecule has 144 valence electrons. The molecule has 4 heterocycles. The lowest BCUT2D eigenvalue weighted by Gasteiger charge is -2.01. The van der Waals surface area contributed by atoms with Gasteiger partial charge in [0.25, 0.3) is 11.8 Å². The highest BCUT2D eigenvalue weighted by Gasteiger charge is 2.19. The fourth-order valence-electron chi connectivity index (χ4n) is 2.71. The highest BCUT2D eigenvalue weighted by molar-refractivity contribution is 7.12. The second-order valence-corrected chi connectivity index (χ2v) is 6.89. The first-order valence-corrected chi connectivity index (χ1v) is 9.52. The third kappa shape index (κ3) is 3.52. The zero-order valence-electron chi connectivity index (χ0n) is 14.9. The molecule has 1 aromatic carbocycles. The molecule has 0 bridgehead atoms. The van der Waals surface area contributed by atoms with Crippen molar-refractivity contribution in [3.05, 3.63) is 58.7 Å². The van der Waals surface area contributed by atoms with Crippen LogP contribution in [0.2, 0.25) is 0 Å². The maximum Gasteiger partial charge on any atom is 0.280 e. The van der Waals surface area contributed by atoms with Gasteiger partial charge in [-0.1, -0.05) is 11.2 Å². The van der Waals surface area contributed by atoms with E-state index in [1.165, 1.54) is 11.3 Å². The number of nitrogens with one attached hydrogen (secondary N) is 1. The predicted octanol–water partition coefficient (Wildman–Crippen LogP) is 2.91. The number of amides is 1. The molecule has 3 aromatic heterocycles. The summed E-state index contributed by atoms with van der Waals surface area (Å²) in [6.07, 6.45) is 1.68. The molecule has 1 amide bonds. The molecule has 0 spiro atoms. The van der Waals surface area contributed by atoms with Crippen LogP contribution in [0, 0.1) is 0 Å². The number of carbonyl (C=O) groups excluding carboxylic acids is 1. The van der Waals surface area contributed by atoms with Gasteiger partial charge in [0.1, 0.15) is 5.69 Å². The van der Waals surface area contributed by atoms with Gasteiger partial charge in [-0.05, 0) is 30.3 Å². The molecule has 0 saturated carbocycles. The van der Waals surface area contributed by atoms with Crippen LogP contribution >= 0.6 is 11.3 Å². The van der Waals surface area contributed by atoms with Gasteiger partial charge in [0.05, 0.1) is 12.2 Å². The largest absolute Gasteiger partial charge is 0.454 e. The zero-order valence-corrected chi connectivity index (χ0v) is 15.7. The summed E-state index contributed by atoms with van der Waals surface area (Å²) in [5.41, 5.74) is 1.94. The molecule has 1 N–H and O–H groups in total. The van der Waals surface area contributed by atoms with Gasteiger partial charge < -0.3 is 19.3 Å². The van der Waals surface area contributed by atoms with Crippen molar-refractivity contribution in [2.75, 3.05) is 6.79 Å². The molecule has 1 aliphatic heterocycles.